The topological polar surface area (TPSA) is 37.8 Å². The number of hydrogen-bond acceptors (Lipinski definition) is 5. The minimum absolute atomic E-state index is 0.337. The Balaban J connectivity index is 1.44. The Kier molecular flexibility index (Phi) is 4.92. The number of halogens is 3. The molecule has 0 unspecified atom stereocenters. The van der Waals surface area contributed by atoms with Crippen LogP contribution < -0.4 is 9.80 Å². The molecule has 4 rings (SSSR count). The van der Waals surface area contributed by atoms with E-state index in [2.05, 4.69) is 9.88 Å². The Hall–Kier alpha value is -2.32. The van der Waals surface area contributed by atoms with Gasteiger partial charge in [-0.05, 0) is 18.2 Å². The van der Waals surface area contributed by atoms with Crippen LogP contribution in [0.15, 0.2) is 42.6 Å². The van der Waals surface area contributed by atoms with E-state index < -0.39 is 11.7 Å². The van der Waals surface area contributed by atoms with E-state index in [1.54, 1.807) is 0 Å². The summed E-state index contributed by atoms with van der Waals surface area (Å²) in [6.07, 6.45) is -3.81. The minimum atomic E-state index is -4.36. The number of pyridine rings is 1. The van der Waals surface area contributed by atoms with Gasteiger partial charge in [-0.3, -0.25) is 0 Å². The predicted octanol–water partition coefficient (Wildman–Crippen LogP) is 3.47. The van der Waals surface area contributed by atoms with Gasteiger partial charge in [-0.2, -0.15) is 13.2 Å². The summed E-state index contributed by atoms with van der Waals surface area (Å²) in [5, 5.41) is 0. The third-order valence-corrected chi connectivity index (χ3v) is 4.83. The highest BCUT2D eigenvalue weighted by Crippen LogP contribution is 2.33. The van der Waals surface area contributed by atoms with Gasteiger partial charge in [-0.25, -0.2) is 4.98 Å². The molecule has 2 aromatic rings. The van der Waals surface area contributed by atoms with Crippen LogP contribution in [0.3, 0.4) is 0 Å². The van der Waals surface area contributed by atoms with E-state index in [1.807, 2.05) is 29.2 Å². The van der Waals surface area contributed by atoms with Gasteiger partial charge in [0, 0.05) is 43.6 Å². The van der Waals surface area contributed by atoms with E-state index in [4.69, 9.17) is 9.47 Å². The molecule has 144 valence electrons. The van der Waals surface area contributed by atoms with Crippen molar-refractivity contribution >= 4 is 11.5 Å². The van der Waals surface area contributed by atoms with E-state index in [9.17, 15) is 13.2 Å². The molecule has 0 radical (unpaired) electrons. The molecule has 27 heavy (non-hydrogen) atoms. The first-order valence-corrected chi connectivity index (χ1v) is 8.88. The first kappa shape index (κ1) is 18.1. The number of rotatable bonds is 3. The lowest BCUT2D eigenvalue weighted by molar-refractivity contribution is -0.137. The van der Waals surface area contributed by atoms with Crippen LogP contribution >= 0.6 is 0 Å². The third kappa shape index (κ3) is 3.86. The van der Waals surface area contributed by atoms with Crippen LogP contribution in [0.5, 0.6) is 0 Å². The summed E-state index contributed by atoms with van der Waals surface area (Å²) in [6, 6.07) is 10.5. The monoisotopic (exact) mass is 379 g/mol. The molecule has 0 amide bonds. The molecule has 8 heteroatoms. The number of aromatic nitrogens is 1. The minimum Gasteiger partial charge on any atom is -0.368 e. The molecule has 5 nitrogen and oxygen atoms in total. The fourth-order valence-corrected chi connectivity index (χ4v) is 3.43. The average molecular weight is 379 g/mol. The van der Waals surface area contributed by atoms with Crippen LogP contribution in [0.25, 0.3) is 0 Å². The fourth-order valence-electron chi connectivity index (χ4n) is 3.43. The Labute approximate surface area is 155 Å². The number of nitrogens with zero attached hydrogens (tertiary/aromatic N) is 3. The zero-order valence-electron chi connectivity index (χ0n) is 14.7. The highest BCUT2D eigenvalue weighted by atomic mass is 19.4. The largest absolute Gasteiger partial charge is 0.417 e. The molecule has 1 aromatic heterocycles. The van der Waals surface area contributed by atoms with Crippen molar-refractivity contribution in [2.24, 2.45) is 0 Å². The van der Waals surface area contributed by atoms with Crippen LogP contribution in [0, 0.1) is 0 Å². The SMILES string of the molecule is FC(F)(F)c1ccc(N2CCN(c3ccccc3C3OCCO3)CC2)nc1. The molecular weight excluding hydrogens is 359 g/mol. The van der Waals surface area contributed by atoms with Crippen molar-refractivity contribution in [1.29, 1.82) is 0 Å². The number of hydrogen-bond donors (Lipinski definition) is 0. The average Bonchev–Trinajstić information content (AvgIpc) is 3.22. The van der Waals surface area contributed by atoms with Gasteiger partial charge >= 0.3 is 6.18 Å². The van der Waals surface area contributed by atoms with E-state index >= 15 is 0 Å². The maximum atomic E-state index is 12.7. The van der Waals surface area contributed by atoms with Crippen molar-refractivity contribution in [3.8, 4) is 0 Å². The second-order valence-electron chi connectivity index (χ2n) is 6.51. The van der Waals surface area contributed by atoms with Gasteiger partial charge in [0.1, 0.15) is 5.82 Å². The number of alkyl halides is 3. The number of para-hydroxylation sites is 1. The molecule has 2 fully saturated rings. The molecule has 2 aliphatic heterocycles. The third-order valence-electron chi connectivity index (χ3n) is 4.83. The Bertz CT molecular complexity index is 769. The van der Waals surface area contributed by atoms with Crippen LogP contribution in [0.2, 0.25) is 0 Å². The van der Waals surface area contributed by atoms with Crippen molar-refractivity contribution in [2.45, 2.75) is 12.5 Å². The summed E-state index contributed by atoms with van der Waals surface area (Å²) in [4.78, 5) is 8.25. The highest BCUT2D eigenvalue weighted by Gasteiger charge is 2.31. The standard InChI is InChI=1S/C19H20F3N3O2/c20-19(21,22)14-5-6-17(23-13-14)25-9-7-24(8-10-25)16-4-2-1-3-15(16)18-26-11-12-27-18/h1-6,13,18H,7-12H2. The van der Waals surface area contributed by atoms with Crippen molar-refractivity contribution < 1.29 is 22.6 Å². The maximum Gasteiger partial charge on any atom is 0.417 e. The van der Waals surface area contributed by atoms with Gasteiger partial charge in [0.05, 0.1) is 18.8 Å². The first-order chi connectivity index (χ1) is 13.0. The molecular formula is C19H20F3N3O2. The second kappa shape index (κ2) is 7.36. The highest BCUT2D eigenvalue weighted by molar-refractivity contribution is 5.56. The van der Waals surface area contributed by atoms with E-state index in [-0.39, 0.29) is 6.29 Å². The molecule has 0 bridgehead atoms. The molecule has 2 saturated heterocycles. The van der Waals surface area contributed by atoms with Gasteiger partial charge in [-0.15, -0.1) is 0 Å². The first-order valence-electron chi connectivity index (χ1n) is 8.88. The van der Waals surface area contributed by atoms with Crippen LogP contribution in [-0.2, 0) is 15.7 Å². The predicted molar refractivity (Wildman–Crippen MR) is 94.8 cm³/mol. The lowest BCUT2D eigenvalue weighted by Gasteiger charge is -2.38. The van der Waals surface area contributed by atoms with E-state index in [1.165, 1.54) is 6.07 Å². The normalized spacial score (nSPS) is 18.9. The molecule has 3 heterocycles. The zero-order valence-corrected chi connectivity index (χ0v) is 14.7. The summed E-state index contributed by atoms with van der Waals surface area (Å²) < 4.78 is 49.3. The zero-order chi connectivity index (χ0) is 18.9. The molecule has 0 spiro atoms. The summed E-state index contributed by atoms with van der Waals surface area (Å²) >= 11 is 0. The number of benzene rings is 1. The van der Waals surface area contributed by atoms with Gasteiger partial charge in [0.25, 0.3) is 0 Å². The van der Waals surface area contributed by atoms with Crippen molar-refractivity contribution in [2.75, 3.05) is 49.2 Å². The van der Waals surface area contributed by atoms with Crippen molar-refractivity contribution in [3.63, 3.8) is 0 Å². The fraction of sp³-hybridized carbons (Fsp3) is 0.421. The van der Waals surface area contributed by atoms with Gasteiger partial charge in [-0.1, -0.05) is 18.2 Å². The molecule has 0 N–H and O–H groups in total. The molecule has 1 aromatic carbocycles. The lowest BCUT2D eigenvalue weighted by atomic mass is 10.1. The Morgan fingerprint density at radius 2 is 1.56 bits per heavy atom. The number of anilines is 2. The van der Waals surface area contributed by atoms with E-state index in [0.717, 1.165) is 36.6 Å². The maximum absolute atomic E-state index is 12.7. The number of ether oxygens (including phenoxy) is 2. The quantitative estimate of drug-likeness (QED) is 0.817. The van der Waals surface area contributed by atoms with Gasteiger partial charge < -0.3 is 19.3 Å². The molecule has 0 atom stereocenters. The smallest absolute Gasteiger partial charge is 0.368 e. The van der Waals surface area contributed by atoms with Crippen molar-refractivity contribution in [1.82, 2.24) is 4.98 Å². The lowest BCUT2D eigenvalue weighted by Crippen LogP contribution is -2.47. The van der Waals surface area contributed by atoms with Gasteiger partial charge in [0.15, 0.2) is 6.29 Å². The van der Waals surface area contributed by atoms with Crippen LogP contribution in [-0.4, -0.2) is 44.4 Å². The van der Waals surface area contributed by atoms with Crippen LogP contribution in [0.1, 0.15) is 17.4 Å². The van der Waals surface area contributed by atoms with E-state index in [0.29, 0.717) is 32.1 Å². The van der Waals surface area contributed by atoms with Crippen LogP contribution in [0.4, 0.5) is 24.7 Å². The number of piperazine rings is 1. The van der Waals surface area contributed by atoms with Crippen molar-refractivity contribution in [3.05, 3.63) is 53.7 Å². The summed E-state index contributed by atoms with van der Waals surface area (Å²) in [5.41, 5.74) is 1.36. The molecule has 0 saturated carbocycles. The summed E-state index contributed by atoms with van der Waals surface area (Å²) in [7, 11) is 0. The Morgan fingerprint density at radius 3 is 2.19 bits per heavy atom. The van der Waals surface area contributed by atoms with Gasteiger partial charge in [0.2, 0.25) is 0 Å². The second-order valence-corrected chi connectivity index (χ2v) is 6.51. The molecule has 0 aliphatic carbocycles. The Morgan fingerprint density at radius 1 is 0.889 bits per heavy atom. The summed E-state index contributed by atoms with van der Waals surface area (Å²) in [6.45, 7) is 4.02. The summed E-state index contributed by atoms with van der Waals surface area (Å²) in [5.74, 6) is 0.568. The molecule has 2 aliphatic rings.